The van der Waals surface area contributed by atoms with Crippen LogP contribution in [0, 0.1) is 36.9 Å². The predicted octanol–water partition coefficient (Wildman–Crippen LogP) is 1.99. The van der Waals surface area contributed by atoms with Gasteiger partial charge in [-0.15, -0.1) is 10.5 Å². The van der Waals surface area contributed by atoms with Crippen LogP contribution in [0.4, 0.5) is 5.69 Å². The van der Waals surface area contributed by atoms with Gasteiger partial charge in [0.1, 0.15) is 11.4 Å². The maximum absolute atomic E-state index is 10.3. The molecule has 6 heteroatoms. The Morgan fingerprint density at radius 2 is 1.82 bits per heavy atom. The summed E-state index contributed by atoms with van der Waals surface area (Å²) in [6, 6.07) is 1.34. The lowest BCUT2D eigenvalue weighted by atomic mass is 10.1. The van der Waals surface area contributed by atoms with Crippen molar-refractivity contribution in [2.45, 2.75) is 13.8 Å². The number of nitriles is 2. The molecule has 0 amide bonds. The number of hydrogen-bond donors (Lipinski definition) is 0. The van der Waals surface area contributed by atoms with Crippen molar-refractivity contribution in [3.63, 3.8) is 0 Å². The van der Waals surface area contributed by atoms with Gasteiger partial charge >= 0.3 is 0 Å². The van der Waals surface area contributed by atoms with E-state index in [1.54, 1.807) is 13.8 Å². The number of nitrogens with zero attached hydrogens (tertiary/aromatic N) is 3. The molecule has 6 nitrogen and oxygen atoms in total. The fourth-order valence-electron chi connectivity index (χ4n) is 1.31. The normalized spacial score (nSPS) is 8.47. The van der Waals surface area contributed by atoms with Crippen molar-refractivity contribution in [3.05, 3.63) is 17.2 Å². The summed E-state index contributed by atoms with van der Waals surface area (Å²) < 4.78 is 9.44. The first-order chi connectivity index (χ1) is 8.15. The van der Waals surface area contributed by atoms with Crippen molar-refractivity contribution in [2.24, 2.45) is 4.99 Å². The highest BCUT2D eigenvalue weighted by Crippen LogP contribution is 2.38. The highest BCUT2D eigenvalue weighted by molar-refractivity contribution is 5.66. The van der Waals surface area contributed by atoms with E-state index in [0.717, 1.165) is 0 Å². The summed E-state index contributed by atoms with van der Waals surface area (Å²) in [6.07, 6.45) is 4.38. The number of ether oxygens (including phenoxy) is 2. The van der Waals surface area contributed by atoms with Crippen LogP contribution in [-0.2, 0) is 4.79 Å². The van der Waals surface area contributed by atoms with Crippen molar-refractivity contribution in [2.75, 3.05) is 0 Å². The number of hydrogen-bond acceptors (Lipinski definition) is 6. The largest absolute Gasteiger partial charge is 0.388 e. The molecule has 0 saturated heterocycles. The van der Waals surface area contributed by atoms with E-state index < -0.39 is 0 Å². The Hall–Kier alpha value is -2.82. The summed E-state index contributed by atoms with van der Waals surface area (Å²) in [5.41, 5.74) is 1.28. The Bertz CT molecular complexity index is 575. The van der Waals surface area contributed by atoms with Crippen LogP contribution in [0.3, 0.4) is 0 Å². The lowest BCUT2D eigenvalue weighted by Gasteiger charge is -2.10. The van der Waals surface area contributed by atoms with Crippen molar-refractivity contribution in [1.82, 2.24) is 0 Å². The molecule has 0 heterocycles. The van der Waals surface area contributed by atoms with Gasteiger partial charge in [-0.2, -0.15) is 4.99 Å². The Morgan fingerprint density at radius 3 is 2.35 bits per heavy atom. The molecule has 17 heavy (non-hydrogen) atoms. The van der Waals surface area contributed by atoms with E-state index in [-0.39, 0.29) is 17.2 Å². The Kier molecular flexibility index (Phi) is 3.83. The topological polar surface area (TPSA) is 95.5 Å². The van der Waals surface area contributed by atoms with Crippen molar-refractivity contribution < 1.29 is 14.3 Å². The van der Waals surface area contributed by atoms with Gasteiger partial charge in [0.25, 0.3) is 12.5 Å². The van der Waals surface area contributed by atoms with E-state index >= 15 is 0 Å². The SMILES string of the molecule is Cc1c(OC#N)cc(N=C=O)c(OC#N)c1C. The van der Waals surface area contributed by atoms with Gasteiger partial charge in [-0.1, -0.05) is 0 Å². The van der Waals surface area contributed by atoms with E-state index in [1.165, 1.54) is 24.7 Å². The van der Waals surface area contributed by atoms with E-state index in [0.29, 0.717) is 11.1 Å². The van der Waals surface area contributed by atoms with E-state index in [4.69, 9.17) is 20.0 Å². The molecule has 0 spiro atoms. The summed E-state index contributed by atoms with van der Waals surface area (Å²) in [7, 11) is 0. The molecule has 0 saturated carbocycles. The van der Waals surface area contributed by atoms with Gasteiger partial charge in [0.15, 0.2) is 5.75 Å². The number of isocyanates is 1. The van der Waals surface area contributed by atoms with E-state index in [9.17, 15) is 4.79 Å². The van der Waals surface area contributed by atoms with Crippen LogP contribution in [0.15, 0.2) is 11.1 Å². The quantitative estimate of drug-likeness (QED) is 0.448. The molecular formula is C11H7N3O3. The molecule has 1 rings (SSSR count). The van der Waals surface area contributed by atoms with Gasteiger partial charge < -0.3 is 9.47 Å². The first-order valence-corrected chi connectivity index (χ1v) is 4.49. The summed E-state index contributed by atoms with van der Waals surface area (Å²) in [5.74, 6) is 0.405. The van der Waals surface area contributed by atoms with Gasteiger partial charge in [0.2, 0.25) is 6.08 Å². The Labute approximate surface area is 97.3 Å². The van der Waals surface area contributed by atoms with Gasteiger partial charge in [-0.3, -0.25) is 0 Å². The number of benzene rings is 1. The van der Waals surface area contributed by atoms with Crippen LogP contribution in [-0.4, -0.2) is 6.08 Å². The molecule has 0 radical (unpaired) electrons. The number of rotatable bonds is 3. The first-order valence-electron chi connectivity index (χ1n) is 4.49. The van der Waals surface area contributed by atoms with Crippen LogP contribution in [0.5, 0.6) is 11.5 Å². The molecule has 0 bridgehead atoms. The molecule has 1 aromatic carbocycles. The second-order valence-corrected chi connectivity index (χ2v) is 3.06. The van der Waals surface area contributed by atoms with Crippen molar-refractivity contribution in [1.29, 1.82) is 10.5 Å². The van der Waals surface area contributed by atoms with Crippen LogP contribution in [0.2, 0.25) is 0 Å². The molecule has 0 atom stereocenters. The first kappa shape index (κ1) is 12.3. The van der Waals surface area contributed by atoms with E-state index in [1.807, 2.05) is 0 Å². The molecule has 0 aliphatic rings. The molecule has 1 aromatic rings. The van der Waals surface area contributed by atoms with E-state index in [2.05, 4.69) is 4.99 Å². The van der Waals surface area contributed by atoms with Crippen LogP contribution >= 0.6 is 0 Å². The molecule has 0 aliphatic heterocycles. The van der Waals surface area contributed by atoms with Gasteiger partial charge in [-0.05, 0) is 19.4 Å². The molecule has 0 aliphatic carbocycles. The second kappa shape index (κ2) is 5.32. The highest BCUT2D eigenvalue weighted by atomic mass is 16.5. The van der Waals surface area contributed by atoms with Gasteiger partial charge in [-0.25, -0.2) is 4.79 Å². The summed E-state index contributed by atoms with van der Waals surface area (Å²) in [6.45, 7) is 3.36. The Morgan fingerprint density at radius 1 is 1.18 bits per heavy atom. The zero-order valence-corrected chi connectivity index (χ0v) is 9.14. The van der Waals surface area contributed by atoms with Crippen LogP contribution in [0.25, 0.3) is 0 Å². The van der Waals surface area contributed by atoms with Crippen LogP contribution < -0.4 is 9.47 Å². The molecule has 0 N–H and O–H groups in total. The third-order valence-corrected chi connectivity index (χ3v) is 2.24. The third kappa shape index (κ3) is 2.40. The average molecular weight is 229 g/mol. The molecule has 0 aromatic heterocycles. The monoisotopic (exact) mass is 229 g/mol. The molecule has 0 fully saturated rings. The molecule has 84 valence electrons. The minimum atomic E-state index is 0.0925. The average Bonchev–Trinajstić information content (AvgIpc) is 2.31. The maximum Gasteiger partial charge on any atom is 0.292 e. The molecule has 0 unspecified atom stereocenters. The zero-order chi connectivity index (χ0) is 12.8. The summed E-state index contributed by atoms with van der Waals surface area (Å²) in [5, 5.41) is 17.0. The van der Waals surface area contributed by atoms with Gasteiger partial charge in [0.05, 0.1) is 0 Å². The predicted molar refractivity (Wildman–Crippen MR) is 56.2 cm³/mol. The number of carbonyl (C=O) groups excluding carboxylic acids is 1. The molecular weight excluding hydrogens is 222 g/mol. The second-order valence-electron chi connectivity index (χ2n) is 3.06. The smallest absolute Gasteiger partial charge is 0.292 e. The summed E-state index contributed by atoms with van der Waals surface area (Å²) >= 11 is 0. The van der Waals surface area contributed by atoms with Gasteiger partial charge in [0, 0.05) is 11.6 Å². The standard InChI is InChI=1S/C11H7N3O3/c1-7-8(2)11(17-5-13)9(14-6-15)3-10(7)16-4-12/h3H,1-2H3. The Balaban J connectivity index is 3.51. The minimum absolute atomic E-state index is 0.0925. The minimum Gasteiger partial charge on any atom is -0.388 e. The van der Waals surface area contributed by atoms with Crippen LogP contribution in [0.1, 0.15) is 11.1 Å². The number of aliphatic imine (C=N–C) groups is 1. The highest BCUT2D eigenvalue weighted by Gasteiger charge is 2.15. The maximum atomic E-state index is 10.3. The summed E-state index contributed by atoms with van der Waals surface area (Å²) in [4.78, 5) is 13.7. The third-order valence-electron chi connectivity index (χ3n) is 2.24. The lowest BCUT2D eigenvalue weighted by Crippen LogP contribution is -1.94. The van der Waals surface area contributed by atoms with Crippen molar-refractivity contribution >= 4 is 11.8 Å². The lowest BCUT2D eigenvalue weighted by molar-refractivity contribution is 0.487. The van der Waals surface area contributed by atoms with Crippen molar-refractivity contribution in [3.8, 4) is 24.0 Å². The zero-order valence-electron chi connectivity index (χ0n) is 9.14. The fourth-order valence-corrected chi connectivity index (χ4v) is 1.31. The fraction of sp³-hybridized carbons (Fsp3) is 0.182.